The van der Waals surface area contributed by atoms with E-state index in [-0.39, 0.29) is 23.3 Å². The van der Waals surface area contributed by atoms with Crippen molar-refractivity contribution in [2.45, 2.75) is 0 Å². The first-order valence-corrected chi connectivity index (χ1v) is 3.13. The van der Waals surface area contributed by atoms with Gasteiger partial charge < -0.3 is 16.8 Å². The summed E-state index contributed by atoms with van der Waals surface area (Å²) in [5.74, 6) is 0.209. The minimum absolute atomic E-state index is 0.00394. The van der Waals surface area contributed by atoms with Crippen molar-refractivity contribution < 1.29 is 0 Å². The van der Waals surface area contributed by atoms with Crippen molar-refractivity contribution in [3.63, 3.8) is 0 Å². The molecule has 1 heterocycles. The molecule has 0 aliphatic heterocycles. The summed E-state index contributed by atoms with van der Waals surface area (Å²) >= 11 is 0. The summed E-state index contributed by atoms with van der Waals surface area (Å²) in [7, 11) is 1.58. The zero-order valence-corrected chi connectivity index (χ0v) is 6.40. The average molecular weight is 168 g/mol. The lowest BCUT2D eigenvalue weighted by molar-refractivity contribution is 1.17. The van der Waals surface area contributed by atoms with Crippen LogP contribution in [0.3, 0.4) is 0 Å². The second-order valence-electron chi connectivity index (χ2n) is 2.01. The Morgan fingerprint density at radius 2 is 2.08 bits per heavy atom. The van der Waals surface area contributed by atoms with Gasteiger partial charge in [0.05, 0.1) is 0 Å². The largest absolute Gasteiger partial charge is 0.382 e. The highest BCUT2D eigenvalue weighted by atomic mass is 16.3. The highest BCUT2D eigenvalue weighted by Gasteiger charge is 2.09. The zero-order chi connectivity index (χ0) is 9.14. The molecule has 0 aliphatic carbocycles. The quantitative estimate of drug-likeness (QED) is 0.538. The normalized spacial score (nSPS) is 9.42. The maximum atomic E-state index is 10.2. The van der Waals surface area contributed by atoms with Crippen LogP contribution in [-0.2, 0) is 0 Å². The van der Waals surface area contributed by atoms with E-state index in [0.717, 1.165) is 0 Å². The number of hydrogen-bond acceptors (Lipinski definition) is 7. The molecule has 0 fully saturated rings. The van der Waals surface area contributed by atoms with E-state index in [1.807, 2.05) is 0 Å². The molecule has 0 bridgehead atoms. The minimum atomic E-state index is -0.0261. The topological polar surface area (TPSA) is 119 Å². The fourth-order valence-corrected chi connectivity index (χ4v) is 0.754. The molecule has 0 aromatic carbocycles. The number of nitrogen functional groups attached to an aromatic ring is 2. The van der Waals surface area contributed by atoms with Gasteiger partial charge in [-0.3, -0.25) is 0 Å². The summed E-state index contributed by atoms with van der Waals surface area (Å²) in [6, 6.07) is 0. The van der Waals surface area contributed by atoms with Gasteiger partial charge in [-0.15, -0.1) is 4.91 Å². The highest BCUT2D eigenvalue weighted by Crippen LogP contribution is 2.27. The van der Waals surface area contributed by atoms with E-state index in [1.165, 1.54) is 0 Å². The van der Waals surface area contributed by atoms with Crippen LogP contribution in [0.4, 0.5) is 23.3 Å². The summed E-state index contributed by atoms with van der Waals surface area (Å²) in [6.07, 6.45) is 0. The maximum absolute atomic E-state index is 10.2. The number of nitrogens with zero attached hydrogens (tertiary/aromatic N) is 3. The fraction of sp³-hybridized carbons (Fsp3) is 0.200. The Balaban J connectivity index is 3.33. The molecule has 64 valence electrons. The molecule has 1 aromatic heterocycles. The highest BCUT2D eigenvalue weighted by molar-refractivity contribution is 5.73. The molecule has 0 unspecified atom stereocenters. The number of nitrogens with one attached hydrogen (secondary N) is 1. The van der Waals surface area contributed by atoms with Crippen molar-refractivity contribution in [3.05, 3.63) is 4.91 Å². The van der Waals surface area contributed by atoms with Crippen LogP contribution in [0.5, 0.6) is 0 Å². The molecule has 0 saturated carbocycles. The predicted molar refractivity (Wildman–Crippen MR) is 45.9 cm³/mol. The van der Waals surface area contributed by atoms with Crippen LogP contribution in [0.1, 0.15) is 0 Å². The smallest absolute Gasteiger partial charge is 0.224 e. The first kappa shape index (κ1) is 8.18. The molecule has 0 spiro atoms. The number of nitroso groups, excluding NO2 is 1. The predicted octanol–water partition coefficient (Wildman–Crippen LogP) is 0.0806. The number of nitrogens with two attached hydrogens (primary N) is 2. The maximum Gasteiger partial charge on any atom is 0.224 e. The van der Waals surface area contributed by atoms with Crippen molar-refractivity contribution in [2.24, 2.45) is 5.18 Å². The molecule has 1 rings (SSSR count). The van der Waals surface area contributed by atoms with Gasteiger partial charge in [-0.05, 0) is 5.18 Å². The van der Waals surface area contributed by atoms with Crippen LogP contribution >= 0.6 is 0 Å². The van der Waals surface area contributed by atoms with Crippen molar-refractivity contribution in [1.82, 2.24) is 9.97 Å². The summed E-state index contributed by atoms with van der Waals surface area (Å²) < 4.78 is 0. The third kappa shape index (κ3) is 1.24. The standard InChI is InChI=1S/C5H8N6O/c1-8-4-2(11-12)3(6)9-5(7)10-4/h1H3,(H5,6,7,8,9,10). The van der Waals surface area contributed by atoms with E-state index in [9.17, 15) is 4.91 Å². The SMILES string of the molecule is CNc1nc(N)nc(N)c1N=O. The Labute approximate surface area is 68.2 Å². The lowest BCUT2D eigenvalue weighted by atomic mass is 10.4. The number of hydrogen-bond donors (Lipinski definition) is 3. The van der Waals surface area contributed by atoms with Crippen LogP contribution in [0.15, 0.2) is 5.18 Å². The Morgan fingerprint density at radius 1 is 1.42 bits per heavy atom. The van der Waals surface area contributed by atoms with Crippen molar-refractivity contribution in [1.29, 1.82) is 0 Å². The lowest BCUT2D eigenvalue weighted by Crippen LogP contribution is -2.03. The van der Waals surface area contributed by atoms with Crippen LogP contribution in [0.25, 0.3) is 0 Å². The monoisotopic (exact) mass is 168 g/mol. The second-order valence-corrected chi connectivity index (χ2v) is 2.01. The third-order valence-electron chi connectivity index (χ3n) is 1.26. The number of anilines is 3. The molecule has 0 amide bonds. The first-order valence-electron chi connectivity index (χ1n) is 3.13. The summed E-state index contributed by atoms with van der Waals surface area (Å²) in [4.78, 5) is 17.5. The van der Waals surface area contributed by atoms with Crippen molar-refractivity contribution >= 4 is 23.3 Å². The molecule has 0 radical (unpaired) electrons. The van der Waals surface area contributed by atoms with E-state index >= 15 is 0 Å². The van der Waals surface area contributed by atoms with Crippen molar-refractivity contribution in [3.8, 4) is 0 Å². The fourth-order valence-electron chi connectivity index (χ4n) is 0.754. The van der Waals surface area contributed by atoms with E-state index < -0.39 is 0 Å². The summed E-state index contributed by atoms with van der Waals surface area (Å²) in [5.41, 5.74) is 10.6. The lowest BCUT2D eigenvalue weighted by Gasteiger charge is -2.03. The zero-order valence-electron chi connectivity index (χ0n) is 6.40. The molecule has 5 N–H and O–H groups in total. The number of rotatable bonds is 2. The average Bonchev–Trinajstić information content (AvgIpc) is 2.03. The summed E-state index contributed by atoms with van der Waals surface area (Å²) in [5, 5.41) is 5.29. The second kappa shape index (κ2) is 2.99. The Morgan fingerprint density at radius 3 is 2.58 bits per heavy atom. The molecule has 0 saturated heterocycles. The molecule has 1 aromatic rings. The van der Waals surface area contributed by atoms with Gasteiger partial charge in [0.2, 0.25) is 5.95 Å². The first-order chi connectivity index (χ1) is 5.69. The van der Waals surface area contributed by atoms with E-state index in [2.05, 4.69) is 20.5 Å². The van der Waals surface area contributed by atoms with E-state index in [0.29, 0.717) is 0 Å². The Hall–Kier alpha value is -1.92. The Bertz CT molecular complexity index is 311. The van der Waals surface area contributed by atoms with Gasteiger partial charge in [-0.2, -0.15) is 9.97 Å². The van der Waals surface area contributed by atoms with Crippen molar-refractivity contribution in [2.75, 3.05) is 23.8 Å². The Kier molecular flexibility index (Phi) is 2.04. The van der Waals surface area contributed by atoms with Gasteiger partial charge in [-0.25, -0.2) is 0 Å². The molecule has 7 heteroatoms. The van der Waals surface area contributed by atoms with Gasteiger partial charge in [0.1, 0.15) is 0 Å². The molecule has 0 aliphatic rings. The van der Waals surface area contributed by atoms with Crippen LogP contribution in [0, 0.1) is 4.91 Å². The molecule has 12 heavy (non-hydrogen) atoms. The van der Waals surface area contributed by atoms with Gasteiger partial charge in [0, 0.05) is 7.05 Å². The molecule has 0 atom stereocenters. The van der Waals surface area contributed by atoms with Gasteiger partial charge in [-0.1, -0.05) is 0 Å². The number of aromatic nitrogens is 2. The van der Waals surface area contributed by atoms with Crippen LogP contribution in [-0.4, -0.2) is 17.0 Å². The van der Waals surface area contributed by atoms with E-state index in [1.54, 1.807) is 7.05 Å². The molecule has 7 nitrogen and oxygen atoms in total. The van der Waals surface area contributed by atoms with Gasteiger partial charge >= 0.3 is 0 Å². The van der Waals surface area contributed by atoms with Gasteiger partial charge in [0.15, 0.2) is 17.3 Å². The molecular weight excluding hydrogens is 160 g/mol. The van der Waals surface area contributed by atoms with Crippen LogP contribution < -0.4 is 16.8 Å². The summed E-state index contributed by atoms with van der Waals surface area (Å²) in [6.45, 7) is 0. The third-order valence-corrected chi connectivity index (χ3v) is 1.26. The van der Waals surface area contributed by atoms with Gasteiger partial charge in [0.25, 0.3) is 0 Å². The van der Waals surface area contributed by atoms with E-state index in [4.69, 9.17) is 11.5 Å². The minimum Gasteiger partial charge on any atom is -0.382 e. The van der Waals surface area contributed by atoms with Crippen LogP contribution in [0.2, 0.25) is 0 Å². The molecular formula is C5H8N6O.